The maximum absolute atomic E-state index is 12.6. The molecule has 8 nitrogen and oxygen atoms in total. The fraction of sp³-hybridized carbons (Fsp3) is 0.524. The van der Waals surface area contributed by atoms with E-state index >= 15 is 0 Å². The van der Waals surface area contributed by atoms with Crippen molar-refractivity contribution < 1.29 is 19.1 Å². The van der Waals surface area contributed by atoms with E-state index in [9.17, 15) is 14.4 Å². The smallest absolute Gasteiger partial charge is 0.410 e. The summed E-state index contributed by atoms with van der Waals surface area (Å²) in [5, 5.41) is 0.490. The van der Waals surface area contributed by atoms with Crippen LogP contribution < -0.4 is 5.56 Å². The number of aromatic nitrogens is 2. The number of aromatic amines is 1. The van der Waals surface area contributed by atoms with E-state index in [-0.39, 0.29) is 23.5 Å². The molecule has 1 N–H and O–H groups in total. The Morgan fingerprint density at radius 3 is 2.52 bits per heavy atom. The molecular formula is C21H27N3O5. The van der Waals surface area contributed by atoms with Crippen LogP contribution in [0.2, 0.25) is 0 Å². The zero-order valence-corrected chi connectivity index (χ0v) is 17.2. The highest BCUT2D eigenvalue weighted by Crippen LogP contribution is 2.23. The van der Waals surface area contributed by atoms with E-state index in [1.165, 1.54) is 0 Å². The van der Waals surface area contributed by atoms with E-state index in [1.807, 2.05) is 20.8 Å². The molecule has 1 aliphatic heterocycles. The molecule has 156 valence electrons. The second kappa shape index (κ2) is 8.23. The van der Waals surface area contributed by atoms with Gasteiger partial charge in [-0.05, 0) is 52.7 Å². The number of hydrogen-bond donors (Lipinski definition) is 1. The number of nitrogens with one attached hydrogen (secondary N) is 1. The quantitative estimate of drug-likeness (QED) is 0.793. The number of carbonyl (C=O) groups is 2. The van der Waals surface area contributed by atoms with Gasteiger partial charge >= 0.3 is 12.1 Å². The molecule has 1 saturated heterocycles. The molecule has 0 radical (unpaired) electrons. The van der Waals surface area contributed by atoms with Crippen molar-refractivity contribution in [2.45, 2.75) is 52.2 Å². The molecule has 1 fully saturated rings. The molecule has 2 aromatic rings. The van der Waals surface area contributed by atoms with Crippen molar-refractivity contribution in [1.29, 1.82) is 0 Å². The van der Waals surface area contributed by atoms with Gasteiger partial charge in [-0.2, -0.15) is 0 Å². The third-order valence-electron chi connectivity index (χ3n) is 4.79. The summed E-state index contributed by atoms with van der Waals surface area (Å²) in [6.45, 7) is 8.02. The normalized spacial score (nSPS) is 16.5. The molecule has 0 saturated carbocycles. The molecular weight excluding hydrogens is 374 g/mol. The summed E-state index contributed by atoms with van der Waals surface area (Å²) in [6.07, 6.45) is -0.0295. The maximum Gasteiger partial charge on any atom is 0.410 e. The number of H-pyrrole nitrogens is 1. The standard InChI is InChI=1S/C21H27N3O5/c1-13(17-22-16-8-6-5-7-15(16)18(25)23-17)28-19(26)14-9-11-24(12-10-14)20(27)29-21(2,3)4/h5-8,13-14H,9-12H2,1-4H3,(H,22,23,25)/t13-/m1/s1. The van der Waals surface area contributed by atoms with Crippen LogP contribution >= 0.6 is 0 Å². The molecule has 1 amide bonds. The zero-order chi connectivity index (χ0) is 21.2. The number of nitrogens with zero attached hydrogens (tertiary/aromatic N) is 2. The van der Waals surface area contributed by atoms with Crippen LogP contribution in [0.3, 0.4) is 0 Å². The largest absolute Gasteiger partial charge is 0.454 e. The molecule has 1 atom stereocenters. The van der Waals surface area contributed by atoms with E-state index in [1.54, 1.807) is 36.1 Å². The summed E-state index contributed by atoms with van der Waals surface area (Å²) < 4.78 is 10.9. The number of fused-ring (bicyclic) bond motifs is 1. The Balaban J connectivity index is 1.58. The summed E-state index contributed by atoms with van der Waals surface area (Å²) >= 11 is 0. The molecule has 0 aliphatic carbocycles. The van der Waals surface area contributed by atoms with Crippen LogP contribution in [-0.4, -0.2) is 45.6 Å². The van der Waals surface area contributed by atoms with Crippen molar-refractivity contribution in [3.05, 3.63) is 40.4 Å². The number of hydrogen-bond acceptors (Lipinski definition) is 6. The van der Waals surface area contributed by atoms with Gasteiger partial charge in [0.25, 0.3) is 5.56 Å². The van der Waals surface area contributed by atoms with Gasteiger partial charge in [0, 0.05) is 13.1 Å². The first-order chi connectivity index (χ1) is 13.6. The van der Waals surface area contributed by atoms with Gasteiger partial charge in [0.1, 0.15) is 5.60 Å². The fourth-order valence-corrected chi connectivity index (χ4v) is 3.25. The lowest BCUT2D eigenvalue weighted by molar-refractivity contribution is -0.155. The number of carbonyl (C=O) groups excluding carboxylic acids is 2. The highest BCUT2D eigenvalue weighted by atomic mass is 16.6. The lowest BCUT2D eigenvalue weighted by atomic mass is 9.97. The van der Waals surface area contributed by atoms with Gasteiger partial charge in [0.05, 0.1) is 16.8 Å². The van der Waals surface area contributed by atoms with Crippen molar-refractivity contribution in [1.82, 2.24) is 14.9 Å². The van der Waals surface area contributed by atoms with Gasteiger partial charge in [0.2, 0.25) is 0 Å². The highest BCUT2D eigenvalue weighted by Gasteiger charge is 2.31. The van der Waals surface area contributed by atoms with E-state index in [4.69, 9.17) is 9.47 Å². The first kappa shape index (κ1) is 20.8. The minimum Gasteiger partial charge on any atom is -0.454 e. The summed E-state index contributed by atoms with van der Waals surface area (Å²) in [5.41, 5.74) is -0.259. The summed E-state index contributed by atoms with van der Waals surface area (Å²) in [6, 6.07) is 7.01. The minimum absolute atomic E-state index is 0.265. The van der Waals surface area contributed by atoms with Gasteiger partial charge in [-0.15, -0.1) is 0 Å². The lowest BCUT2D eigenvalue weighted by Crippen LogP contribution is -2.43. The molecule has 1 aliphatic rings. The molecule has 0 unspecified atom stereocenters. The Labute approximate surface area is 169 Å². The van der Waals surface area contributed by atoms with Crippen molar-refractivity contribution in [2.24, 2.45) is 5.92 Å². The monoisotopic (exact) mass is 401 g/mol. The number of likely N-dealkylation sites (tertiary alicyclic amines) is 1. The Kier molecular flexibility index (Phi) is 5.91. The van der Waals surface area contributed by atoms with E-state index < -0.39 is 11.7 Å². The zero-order valence-electron chi connectivity index (χ0n) is 17.2. The Hall–Kier alpha value is -2.90. The molecule has 29 heavy (non-hydrogen) atoms. The number of rotatable bonds is 3. The molecule has 0 bridgehead atoms. The van der Waals surface area contributed by atoms with Crippen LogP contribution in [0.15, 0.2) is 29.1 Å². The lowest BCUT2D eigenvalue weighted by Gasteiger charge is -2.32. The fourth-order valence-electron chi connectivity index (χ4n) is 3.25. The predicted octanol–water partition coefficient (Wildman–Crippen LogP) is 3.17. The van der Waals surface area contributed by atoms with Gasteiger partial charge in [-0.1, -0.05) is 12.1 Å². The van der Waals surface area contributed by atoms with E-state index in [0.717, 1.165) is 0 Å². The van der Waals surface area contributed by atoms with Crippen LogP contribution in [0.4, 0.5) is 4.79 Å². The van der Waals surface area contributed by atoms with E-state index in [2.05, 4.69) is 9.97 Å². The van der Waals surface area contributed by atoms with Crippen LogP contribution in [0.25, 0.3) is 10.9 Å². The Bertz CT molecular complexity index is 955. The molecule has 2 heterocycles. The second-order valence-electron chi connectivity index (χ2n) is 8.29. The summed E-state index contributed by atoms with van der Waals surface area (Å²) in [5.74, 6) is -0.339. The summed E-state index contributed by atoms with van der Waals surface area (Å²) in [4.78, 5) is 45.6. The first-order valence-corrected chi connectivity index (χ1v) is 9.81. The third kappa shape index (κ3) is 5.13. The highest BCUT2D eigenvalue weighted by molar-refractivity contribution is 5.77. The number of esters is 1. The van der Waals surface area contributed by atoms with Crippen molar-refractivity contribution >= 4 is 23.0 Å². The topological polar surface area (TPSA) is 102 Å². The Morgan fingerprint density at radius 2 is 1.86 bits per heavy atom. The molecule has 3 rings (SSSR count). The van der Waals surface area contributed by atoms with Crippen molar-refractivity contribution in [3.8, 4) is 0 Å². The van der Waals surface area contributed by atoms with Crippen LogP contribution in [0, 0.1) is 5.92 Å². The van der Waals surface area contributed by atoms with Crippen LogP contribution in [0.1, 0.15) is 52.5 Å². The number of ether oxygens (including phenoxy) is 2. The van der Waals surface area contributed by atoms with Gasteiger partial charge in [0.15, 0.2) is 11.9 Å². The minimum atomic E-state index is -0.677. The number of para-hydroxylation sites is 1. The average molecular weight is 401 g/mol. The third-order valence-corrected chi connectivity index (χ3v) is 4.79. The molecule has 1 aromatic carbocycles. The maximum atomic E-state index is 12.6. The van der Waals surface area contributed by atoms with Crippen LogP contribution in [0.5, 0.6) is 0 Å². The van der Waals surface area contributed by atoms with E-state index in [0.29, 0.717) is 42.7 Å². The predicted molar refractivity (Wildman–Crippen MR) is 107 cm³/mol. The molecule has 1 aromatic heterocycles. The van der Waals surface area contributed by atoms with Crippen molar-refractivity contribution in [3.63, 3.8) is 0 Å². The molecule has 8 heteroatoms. The average Bonchev–Trinajstić information content (AvgIpc) is 2.66. The van der Waals surface area contributed by atoms with Crippen LogP contribution in [-0.2, 0) is 14.3 Å². The van der Waals surface area contributed by atoms with Crippen molar-refractivity contribution in [2.75, 3.05) is 13.1 Å². The number of benzene rings is 1. The van der Waals surface area contributed by atoms with Gasteiger partial charge < -0.3 is 19.4 Å². The number of piperidine rings is 1. The van der Waals surface area contributed by atoms with Gasteiger partial charge in [-0.25, -0.2) is 9.78 Å². The van der Waals surface area contributed by atoms with Gasteiger partial charge in [-0.3, -0.25) is 9.59 Å². The summed E-state index contributed by atoms with van der Waals surface area (Å²) in [7, 11) is 0. The second-order valence-corrected chi connectivity index (χ2v) is 8.29. The Morgan fingerprint density at radius 1 is 1.21 bits per heavy atom. The first-order valence-electron chi connectivity index (χ1n) is 9.81. The molecule has 0 spiro atoms. The number of amides is 1. The SMILES string of the molecule is C[C@@H](OC(=O)C1CCN(C(=O)OC(C)(C)C)CC1)c1nc2ccccc2c(=O)[nH]1.